The summed E-state index contributed by atoms with van der Waals surface area (Å²) in [6, 6.07) is 0. The molecule has 0 aliphatic rings. The summed E-state index contributed by atoms with van der Waals surface area (Å²) in [5.74, 6) is 3.37. The number of nitrogens with one attached hydrogen (secondary N) is 1. The Kier molecular flexibility index (Phi) is 3.48. The molecule has 0 saturated carbocycles. The van der Waals surface area contributed by atoms with Gasteiger partial charge in [0, 0.05) is 7.05 Å². The minimum absolute atomic E-state index is 0.162. The first-order chi connectivity index (χ1) is 7.33. The van der Waals surface area contributed by atoms with Gasteiger partial charge in [-0.25, -0.2) is 15.2 Å². The lowest BCUT2D eigenvalue weighted by Crippen LogP contribution is -2.32. The molecule has 5 nitrogen and oxygen atoms in total. The summed E-state index contributed by atoms with van der Waals surface area (Å²) in [4.78, 5) is 7.51. The van der Waals surface area contributed by atoms with E-state index in [2.05, 4.69) is 9.97 Å². The van der Waals surface area contributed by atoms with E-state index in [1.165, 1.54) is 0 Å². The van der Waals surface area contributed by atoms with Crippen LogP contribution in [0.5, 0.6) is 0 Å². The van der Waals surface area contributed by atoms with Crippen LogP contribution in [0.1, 0.15) is 0 Å². The van der Waals surface area contributed by atoms with Crippen molar-refractivity contribution in [3.63, 3.8) is 0 Å². The number of nitrogen functional groups attached to an aromatic ring is 1. The van der Waals surface area contributed by atoms with Gasteiger partial charge in [-0.3, -0.25) is 5.43 Å². The van der Waals surface area contributed by atoms with E-state index < -0.39 is 24.4 Å². The Balaban J connectivity index is 2.93. The number of nitrogens with two attached hydrogens (primary N) is 1. The number of alkyl halides is 3. The van der Waals surface area contributed by atoms with E-state index in [1.54, 1.807) is 0 Å². The molecule has 1 heterocycles. The van der Waals surface area contributed by atoms with Crippen molar-refractivity contribution in [2.45, 2.75) is 6.18 Å². The molecule has 0 aliphatic carbocycles. The SMILES string of the molecule is CN(CC(F)(F)F)c1nc(NN)ncc1F. The van der Waals surface area contributed by atoms with E-state index >= 15 is 0 Å². The Bertz CT molecular complexity index is 366. The first kappa shape index (κ1) is 12.4. The van der Waals surface area contributed by atoms with Crippen molar-refractivity contribution in [3.05, 3.63) is 12.0 Å². The number of halogens is 4. The number of hydrogen-bond acceptors (Lipinski definition) is 5. The fraction of sp³-hybridized carbons (Fsp3) is 0.429. The molecule has 1 aromatic heterocycles. The first-order valence-corrected chi connectivity index (χ1v) is 4.10. The highest BCUT2D eigenvalue weighted by atomic mass is 19.4. The van der Waals surface area contributed by atoms with Crippen molar-refractivity contribution in [1.82, 2.24) is 9.97 Å². The van der Waals surface area contributed by atoms with Gasteiger partial charge in [-0.15, -0.1) is 0 Å². The first-order valence-electron chi connectivity index (χ1n) is 4.10. The molecule has 0 spiro atoms. The normalized spacial score (nSPS) is 11.4. The molecule has 0 fully saturated rings. The Morgan fingerprint density at radius 2 is 2.12 bits per heavy atom. The molecule has 0 radical (unpaired) electrons. The largest absolute Gasteiger partial charge is 0.405 e. The minimum Gasteiger partial charge on any atom is -0.348 e. The van der Waals surface area contributed by atoms with Gasteiger partial charge in [-0.05, 0) is 0 Å². The van der Waals surface area contributed by atoms with Gasteiger partial charge < -0.3 is 4.90 Å². The molecular weight excluding hydrogens is 230 g/mol. The van der Waals surface area contributed by atoms with Gasteiger partial charge in [0.1, 0.15) is 6.54 Å². The van der Waals surface area contributed by atoms with Crippen LogP contribution in [0.3, 0.4) is 0 Å². The van der Waals surface area contributed by atoms with Gasteiger partial charge in [0.25, 0.3) is 0 Å². The Labute approximate surface area is 88.2 Å². The van der Waals surface area contributed by atoms with E-state index in [9.17, 15) is 17.6 Å². The third-order valence-corrected chi connectivity index (χ3v) is 1.63. The van der Waals surface area contributed by atoms with Crippen molar-refractivity contribution in [1.29, 1.82) is 0 Å². The summed E-state index contributed by atoms with van der Waals surface area (Å²) < 4.78 is 49.3. The highest BCUT2D eigenvalue weighted by Crippen LogP contribution is 2.21. The second-order valence-corrected chi connectivity index (χ2v) is 2.98. The van der Waals surface area contributed by atoms with Crippen molar-refractivity contribution in [2.75, 3.05) is 23.9 Å². The van der Waals surface area contributed by atoms with Crippen molar-refractivity contribution < 1.29 is 17.6 Å². The molecule has 1 rings (SSSR count). The third-order valence-electron chi connectivity index (χ3n) is 1.63. The molecule has 16 heavy (non-hydrogen) atoms. The lowest BCUT2D eigenvalue weighted by atomic mass is 10.4. The number of hydrogen-bond donors (Lipinski definition) is 2. The number of aromatic nitrogens is 2. The minimum atomic E-state index is -4.44. The van der Waals surface area contributed by atoms with Crippen molar-refractivity contribution >= 4 is 11.8 Å². The van der Waals surface area contributed by atoms with Gasteiger partial charge in [0.15, 0.2) is 11.6 Å². The molecule has 1 aromatic rings. The number of anilines is 2. The van der Waals surface area contributed by atoms with Gasteiger partial charge in [-0.1, -0.05) is 0 Å². The van der Waals surface area contributed by atoms with Crippen molar-refractivity contribution in [3.8, 4) is 0 Å². The Hall–Kier alpha value is -1.64. The molecule has 0 aliphatic heterocycles. The zero-order valence-corrected chi connectivity index (χ0v) is 8.22. The van der Waals surface area contributed by atoms with E-state index in [-0.39, 0.29) is 5.95 Å². The van der Waals surface area contributed by atoms with Gasteiger partial charge in [0.05, 0.1) is 6.20 Å². The number of nitrogens with zero attached hydrogens (tertiary/aromatic N) is 3. The molecule has 3 N–H and O–H groups in total. The predicted molar refractivity (Wildman–Crippen MR) is 49.1 cm³/mol. The van der Waals surface area contributed by atoms with E-state index in [1.807, 2.05) is 5.43 Å². The second-order valence-electron chi connectivity index (χ2n) is 2.98. The summed E-state index contributed by atoms with van der Waals surface area (Å²) >= 11 is 0. The fourth-order valence-corrected chi connectivity index (χ4v) is 1.04. The Morgan fingerprint density at radius 3 is 2.62 bits per heavy atom. The maximum atomic E-state index is 13.1. The molecule has 0 amide bonds. The van der Waals surface area contributed by atoms with E-state index in [0.717, 1.165) is 13.2 Å². The van der Waals surface area contributed by atoms with Crippen LogP contribution in [0.15, 0.2) is 6.20 Å². The summed E-state index contributed by atoms with van der Waals surface area (Å²) in [5.41, 5.74) is 2.02. The average molecular weight is 239 g/mol. The number of rotatable bonds is 3. The van der Waals surface area contributed by atoms with Crippen LogP contribution in [0.2, 0.25) is 0 Å². The zero-order valence-electron chi connectivity index (χ0n) is 8.22. The summed E-state index contributed by atoms with van der Waals surface area (Å²) in [6.07, 6.45) is -3.70. The molecule has 0 saturated heterocycles. The highest BCUT2D eigenvalue weighted by Gasteiger charge is 2.30. The third kappa shape index (κ3) is 3.19. The molecule has 0 aromatic carbocycles. The topological polar surface area (TPSA) is 67.1 Å². The second kappa shape index (κ2) is 4.47. The predicted octanol–water partition coefficient (Wildman–Crippen LogP) is 0.900. The Morgan fingerprint density at radius 1 is 1.50 bits per heavy atom. The maximum Gasteiger partial charge on any atom is 0.405 e. The van der Waals surface area contributed by atoms with Crippen LogP contribution in [0.25, 0.3) is 0 Å². The van der Waals surface area contributed by atoms with E-state index in [4.69, 9.17) is 5.84 Å². The fourth-order valence-electron chi connectivity index (χ4n) is 1.04. The van der Waals surface area contributed by atoms with Gasteiger partial charge in [0.2, 0.25) is 5.95 Å². The standard InChI is InChI=1S/C7H9F4N5/c1-16(3-7(9,10)11)5-4(8)2-13-6(14-5)15-12/h2H,3,12H2,1H3,(H,13,14,15). The summed E-state index contributed by atoms with van der Waals surface area (Å²) in [7, 11) is 1.07. The van der Waals surface area contributed by atoms with Crippen LogP contribution in [0.4, 0.5) is 29.3 Å². The smallest absolute Gasteiger partial charge is 0.348 e. The highest BCUT2D eigenvalue weighted by molar-refractivity contribution is 5.42. The maximum absolute atomic E-state index is 13.1. The lowest BCUT2D eigenvalue weighted by Gasteiger charge is -2.20. The summed E-state index contributed by atoms with van der Waals surface area (Å²) in [6.45, 7) is -1.31. The lowest BCUT2D eigenvalue weighted by molar-refractivity contribution is -0.119. The molecule has 0 unspecified atom stereocenters. The zero-order chi connectivity index (χ0) is 12.3. The average Bonchev–Trinajstić information content (AvgIpc) is 2.15. The monoisotopic (exact) mass is 239 g/mol. The molecule has 9 heteroatoms. The van der Waals surface area contributed by atoms with Gasteiger partial charge in [-0.2, -0.15) is 18.2 Å². The molecule has 0 atom stereocenters. The van der Waals surface area contributed by atoms with Crippen LogP contribution in [-0.2, 0) is 0 Å². The molecular formula is C7H9F4N5. The van der Waals surface area contributed by atoms with E-state index in [0.29, 0.717) is 4.90 Å². The molecule has 0 bridgehead atoms. The molecule has 90 valence electrons. The van der Waals surface area contributed by atoms with Crippen LogP contribution < -0.4 is 16.2 Å². The number of hydrazine groups is 1. The van der Waals surface area contributed by atoms with Crippen LogP contribution in [-0.4, -0.2) is 29.7 Å². The van der Waals surface area contributed by atoms with Crippen molar-refractivity contribution in [2.24, 2.45) is 5.84 Å². The van der Waals surface area contributed by atoms with Crippen LogP contribution in [0, 0.1) is 5.82 Å². The summed E-state index contributed by atoms with van der Waals surface area (Å²) in [5, 5.41) is 0. The van der Waals surface area contributed by atoms with Gasteiger partial charge >= 0.3 is 6.18 Å². The van der Waals surface area contributed by atoms with Crippen LogP contribution >= 0.6 is 0 Å². The quantitative estimate of drug-likeness (QED) is 0.466.